The molecular formula is C19H13F3N2O3. The number of carbonyl (C=O) groups is 1. The van der Waals surface area contributed by atoms with Crippen molar-refractivity contribution in [1.29, 1.82) is 0 Å². The predicted molar refractivity (Wildman–Crippen MR) is 90.8 cm³/mol. The van der Waals surface area contributed by atoms with Crippen LogP contribution >= 0.6 is 0 Å². The Morgan fingerprint density at radius 2 is 1.70 bits per heavy atom. The number of carbonyl (C=O) groups excluding carboxylic acids is 1. The summed E-state index contributed by atoms with van der Waals surface area (Å²) in [4.78, 5) is 15.4. The molecule has 3 rings (SSSR count). The summed E-state index contributed by atoms with van der Waals surface area (Å²) in [5.74, 6) is 0.0245. The number of hydrogen-bond acceptors (Lipinski definition) is 4. The summed E-state index contributed by atoms with van der Waals surface area (Å²) < 4.78 is 49.1. The van der Waals surface area contributed by atoms with Gasteiger partial charge >= 0.3 is 6.18 Å². The number of para-hydroxylation sites is 1. The zero-order valence-electron chi connectivity index (χ0n) is 13.7. The van der Waals surface area contributed by atoms with Gasteiger partial charge in [-0.3, -0.25) is 4.79 Å². The fourth-order valence-electron chi connectivity index (χ4n) is 2.23. The number of alkyl halides is 3. The number of amides is 1. The first kappa shape index (κ1) is 18.2. The number of ether oxygens (including phenoxy) is 2. The van der Waals surface area contributed by atoms with Gasteiger partial charge in [0.05, 0.1) is 17.3 Å². The lowest BCUT2D eigenvalue weighted by molar-refractivity contribution is -0.137. The summed E-state index contributed by atoms with van der Waals surface area (Å²) in [5.41, 5.74) is 4.68. The standard InChI is InChI=1S/C19H13F3N2O3/c20-19(21,22)12-4-3-5-13(10-12)27-17-9-8-14(11-24-17)26-16-7-2-1-6-15(16)18(23)25/h1-11H,(H2,23,25). The topological polar surface area (TPSA) is 74.4 Å². The molecule has 0 aliphatic rings. The molecule has 0 fully saturated rings. The molecule has 0 saturated carbocycles. The van der Waals surface area contributed by atoms with Crippen molar-refractivity contribution in [2.24, 2.45) is 5.73 Å². The Hall–Kier alpha value is -3.55. The minimum atomic E-state index is -4.46. The van der Waals surface area contributed by atoms with E-state index in [1.807, 2.05) is 0 Å². The molecule has 2 aromatic carbocycles. The van der Waals surface area contributed by atoms with Crippen LogP contribution < -0.4 is 15.2 Å². The maximum Gasteiger partial charge on any atom is 0.416 e. The van der Waals surface area contributed by atoms with Crippen LogP contribution in [0.25, 0.3) is 0 Å². The molecule has 1 aromatic heterocycles. The van der Waals surface area contributed by atoms with Crippen LogP contribution in [0.2, 0.25) is 0 Å². The quantitative estimate of drug-likeness (QED) is 0.697. The van der Waals surface area contributed by atoms with E-state index < -0.39 is 17.6 Å². The number of aromatic nitrogens is 1. The average Bonchev–Trinajstić information content (AvgIpc) is 2.63. The second-order valence-electron chi connectivity index (χ2n) is 5.42. The molecule has 138 valence electrons. The molecule has 27 heavy (non-hydrogen) atoms. The number of hydrogen-bond donors (Lipinski definition) is 1. The lowest BCUT2D eigenvalue weighted by Gasteiger charge is -2.11. The summed E-state index contributed by atoms with van der Waals surface area (Å²) in [6.07, 6.45) is -3.14. The van der Waals surface area contributed by atoms with E-state index in [0.29, 0.717) is 5.75 Å². The lowest BCUT2D eigenvalue weighted by Crippen LogP contribution is -2.11. The second kappa shape index (κ2) is 7.36. The molecule has 5 nitrogen and oxygen atoms in total. The zero-order valence-corrected chi connectivity index (χ0v) is 13.7. The van der Waals surface area contributed by atoms with Crippen LogP contribution in [-0.2, 0) is 6.18 Å². The van der Waals surface area contributed by atoms with E-state index in [1.54, 1.807) is 18.2 Å². The highest BCUT2D eigenvalue weighted by molar-refractivity contribution is 5.95. The van der Waals surface area contributed by atoms with Crippen LogP contribution in [0.3, 0.4) is 0 Å². The normalized spacial score (nSPS) is 11.1. The molecule has 0 unspecified atom stereocenters. The van der Waals surface area contributed by atoms with Gasteiger partial charge in [-0.1, -0.05) is 18.2 Å². The molecular weight excluding hydrogens is 361 g/mol. The van der Waals surface area contributed by atoms with Crippen LogP contribution in [-0.4, -0.2) is 10.9 Å². The molecule has 1 heterocycles. The van der Waals surface area contributed by atoms with Crippen molar-refractivity contribution in [2.45, 2.75) is 6.18 Å². The molecule has 2 N–H and O–H groups in total. The fourth-order valence-corrected chi connectivity index (χ4v) is 2.23. The Balaban J connectivity index is 1.74. The molecule has 0 bridgehead atoms. The Kier molecular flexibility index (Phi) is 4.98. The van der Waals surface area contributed by atoms with E-state index in [2.05, 4.69) is 4.98 Å². The lowest BCUT2D eigenvalue weighted by atomic mass is 10.2. The van der Waals surface area contributed by atoms with Crippen molar-refractivity contribution < 1.29 is 27.4 Å². The minimum Gasteiger partial charge on any atom is -0.455 e. The zero-order chi connectivity index (χ0) is 19.4. The number of benzene rings is 2. The number of nitrogens with zero attached hydrogens (tertiary/aromatic N) is 1. The third kappa shape index (κ3) is 4.55. The van der Waals surface area contributed by atoms with E-state index >= 15 is 0 Å². The second-order valence-corrected chi connectivity index (χ2v) is 5.42. The largest absolute Gasteiger partial charge is 0.455 e. The van der Waals surface area contributed by atoms with E-state index in [9.17, 15) is 18.0 Å². The van der Waals surface area contributed by atoms with Gasteiger partial charge in [0.2, 0.25) is 5.88 Å². The third-order valence-electron chi connectivity index (χ3n) is 3.47. The van der Waals surface area contributed by atoms with Crippen molar-refractivity contribution in [2.75, 3.05) is 0 Å². The molecule has 0 saturated heterocycles. The van der Waals surface area contributed by atoms with E-state index in [0.717, 1.165) is 12.1 Å². The summed E-state index contributed by atoms with van der Waals surface area (Å²) in [5, 5.41) is 0. The number of nitrogens with two attached hydrogens (primary N) is 1. The molecule has 0 atom stereocenters. The minimum absolute atomic E-state index is 0.00469. The highest BCUT2D eigenvalue weighted by atomic mass is 19.4. The molecule has 1 amide bonds. The van der Waals surface area contributed by atoms with Crippen LogP contribution in [0.4, 0.5) is 13.2 Å². The molecule has 8 heteroatoms. The van der Waals surface area contributed by atoms with Crippen molar-refractivity contribution >= 4 is 5.91 Å². The summed E-state index contributed by atoms with van der Waals surface area (Å²) >= 11 is 0. The maximum absolute atomic E-state index is 12.7. The third-order valence-corrected chi connectivity index (χ3v) is 3.47. The Labute approximate surface area is 152 Å². The number of halogens is 3. The molecule has 0 aliphatic carbocycles. The molecule has 0 aliphatic heterocycles. The highest BCUT2D eigenvalue weighted by Crippen LogP contribution is 2.33. The molecule has 0 spiro atoms. The van der Waals surface area contributed by atoms with Crippen molar-refractivity contribution in [3.8, 4) is 23.1 Å². The van der Waals surface area contributed by atoms with Gasteiger partial charge in [-0.25, -0.2) is 4.98 Å². The van der Waals surface area contributed by atoms with Crippen molar-refractivity contribution in [3.05, 3.63) is 78.0 Å². The Morgan fingerprint density at radius 3 is 2.37 bits per heavy atom. The van der Waals surface area contributed by atoms with Crippen LogP contribution in [0.15, 0.2) is 66.9 Å². The van der Waals surface area contributed by atoms with Gasteiger partial charge in [0.1, 0.15) is 17.2 Å². The Bertz CT molecular complexity index is 957. The van der Waals surface area contributed by atoms with E-state index in [1.165, 1.54) is 36.5 Å². The summed E-state index contributed by atoms with van der Waals surface area (Å²) in [7, 11) is 0. The van der Waals surface area contributed by atoms with Crippen molar-refractivity contribution in [1.82, 2.24) is 4.98 Å². The smallest absolute Gasteiger partial charge is 0.416 e. The van der Waals surface area contributed by atoms with Crippen LogP contribution in [0.5, 0.6) is 23.1 Å². The van der Waals surface area contributed by atoms with Crippen LogP contribution in [0, 0.1) is 0 Å². The van der Waals surface area contributed by atoms with Gasteiger partial charge in [0.15, 0.2) is 0 Å². The van der Waals surface area contributed by atoms with E-state index in [4.69, 9.17) is 15.2 Å². The monoisotopic (exact) mass is 374 g/mol. The summed E-state index contributed by atoms with van der Waals surface area (Å²) in [6, 6.07) is 13.8. The predicted octanol–water partition coefficient (Wildman–Crippen LogP) is 4.78. The SMILES string of the molecule is NC(=O)c1ccccc1Oc1ccc(Oc2cccc(C(F)(F)F)c2)nc1. The Morgan fingerprint density at radius 1 is 0.926 bits per heavy atom. The van der Waals surface area contributed by atoms with Gasteiger partial charge in [-0.2, -0.15) is 13.2 Å². The number of primary amides is 1. The van der Waals surface area contributed by atoms with Gasteiger partial charge in [-0.15, -0.1) is 0 Å². The van der Waals surface area contributed by atoms with Crippen LogP contribution in [0.1, 0.15) is 15.9 Å². The first-order chi connectivity index (χ1) is 12.8. The van der Waals surface area contributed by atoms with E-state index in [-0.39, 0.29) is 22.9 Å². The molecule has 3 aromatic rings. The van der Waals surface area contributed by atoms with Gasteiger partial charge in [-0.05, 0) is 36.4 Å². The van der Waals surface area contributed by atoms with Crippen molar-refractivity contribution in [3.63, 3.8) is 0 Å². The first-order valence-corrected chi connectivity index (χ1v) is 7.71. The fraction of sp³-hybridized carbons (Fsp3) is 0.0526. The summed E-state index contributed by atoms with van der Waals surface area (Å²) in [6.45, 7) is 0. The van der Waals surface area contributed by atoms with Gasteiger partial charge in [0, 0.05) is 6.07 Å². The number of pyridine rings is 1. The molecule has 0 radical (unpaired) electrons. The van der Waals surface area contributed by atoms with Gasteiger partial charge in [0.25, 0.3) is 5.91 Å². The number of rotatable bonds is 5. The van der Waals surface area contributed by atoms with Gasteiger partial charge < -0.3 is 15.2 Å². The average molecular weight is 374 g/mol. The maximum atomic E-state index is 12.7. The first-order valence-electron chi connectivity index (χ1n) is 7.71. The highest BCUT2D eigenvalue weighted by Gasteiger charge is 2.30.